The van der Waals surface area contributed by atoms with Crippen LogP contribution in [0.25, 0.3) is 0 Å². The number of amides is 1. The van der Waals surface area contributed by atoms with Crippen LogP contribution in [-0.2, 0) is 19.4 Å². The Hall–Kier alpha value is -1.89. The Morgan fingerprint density at radius 2 is 2.00 bits per heavy atom. The first-order valence-electron chi connectivity index (χ1n) is 5.64. The van der Waals surface area contributed by atoms with Gasteiger partial charge in [-0.15, -0.1) is 0 Å². The number of anilines is 1. The van der Waals surface area contributed by atoms with Gasteiger partial charge in [-0.1, -0.05) is 6.07 Å². The smallest absolute Gasteiger partial charge is 0.394 e. The van der Waals surface area contributed by atoms with Gasteiger partial charge in [0.1, 0.15) is 0 Å². The highest BCUT2D eigenvalue weighted by Crippen LogP contribution is 2.34. The van der Waals surface area contributed by atoms with E-state index in [0.29, 0.717) is 0 Å². The van der Waals surface area contributed by atoms with Crippen LogP contribution in [0, 0.1) is 6.92 Å². The molecule has 2 rings (SSSR count). The topological polar surface area (TPSA) is 91.8 Å². The van der Waals surface area contributed by atoms with Gasteiger partial charge in [-0.25, -0.2) is 13.2 Å². The fourth-order valence-corrected chi connectivity index (χ4v) is 4.02. The van der Waals surface area contributed by atoms with Crippen molar-refractivity contribution >= 4 is 27.4 Å². The van der Waals surface area contributed by atoms with Gasteiger partial charge in [-0.3, -0.25) is 9.69 Å². The summed E-state index contributed by atoms with van der Waals surface area (Å²) in [7, 11) is -3.49. The van der Waals surface area contributed by atoms with E-state index in [1.165, 1.54) is 19.1 Å². The van der Waals surface area contributed by atoms with Gasteiger partial charge in [0.05, 0.1) is 16.3 Å². The highest BCUT2D eigenvalue weighted by atomic mass is 32.2. The normalized spacial score (nSPS) is 20.7. The number of aryl methyl sites for hydroxylation is 1. The maximum Gasteiger partial charge on any atom is 0.394 e. The minimum Gasteiger partial charge on any atom is -0.474 e. The second-order valence-electron chi connectivity index (χ2n) is 4.58. The van der Waals surface area contributed by atoms with Gasteiger partial charge in [0.15, 0.2) is 9.84 Å². The van der Waals surface area contributed by atoms with Crippen LogP contribution in [0.2, 0.25) is 0 Å². The molecular formula is C12H13NO5S. The standard InChI is InChI=1S/C12H13NO5S/c1-7-3-4-9-10(5-7)19(17,18)6-8(2)13(9)11(14)12(15)16/h3-5,8H,6H2,1-2H3,(H,15,16). The molecule has 1 aliphatic heterocycles. The molecule has 1 amide bonds. The number of hydrogen-bond donors (Lipinski definition) is 1. The largest absolute Gasteiger partial charge is 0.474 e. The van der Waals surface area contributed by atoms with Crippen LogP contribution in [0.1, 0.15) is 12.5 Å². The molecule has 1 atom stereocenters. The lowest BCUT2D eigenvalue weighted by Gasteiger charge is -2.33. The van der Waals surface area contributed by atoms with E-state index in [2.05, 4.69) is 0 Å². The van der Waals surface area contributed by atoms with Crippen LogP contribution < -0.4 is 4.90 Å². The number of aliphatic carboxylic acids is 1. The average molecular weight is 283 g/mol. The Morgan fingerprint density at radius 3 is 2.58 bits per heavy atom. The average Bonchev–Trinajstić information content (AvgIpc) is 2.29. The second kappa shape index (κ2) is 4.34. The minimum absolute atomic E-state index is 0.0141. The van der Waals surface area contributed by atoms with E-state index < -0.39 is 27.8 Å². The number of carbonyl (C=O) groups is 2. The van der Waals surface area contributed by atoms with E-state index in [4.69, 9.17) is 5.11 Å². The van der Waals surface area contributed by atoms with Gasteiger partial charge in [0.25, 0.3) is 0 Å². The highest BCUT2D eigenvalue weighted by Gasteiger charge is 2.38. The zero-order chi connectivity index (χ0) is 14.4. The molecule has 19 heavy (non-hydrogen) atoms. The Bertz CT molecular complexity index is 665. The van der Waals surface area contributed by atoms with Crippen molar-refractivity contribution in [2.24, 2.45) is 0 Å². The first-order chi connectivity index (χ1) is 8.74. The van der Waals surface area contributed by atoms with Gasteiger partial charge < -0.3 is 5.11 Å². The third-order valence-electron chi connectivity index (χ3n) is 3.01. The number of rotatable bonds is 0. The molecule has 102 valence electrons. The van der Waals surface area contributed by atoms with Crippen molar-refractivity contribution in [1.29, 1.82) is 0 Å². The van der Waals surface area contributed by atoms with Gasteiger partial charge in [-0.05, 0) is 31.5 Å². The second-order valence-corrected chi connectivity index (χ2v) is 6.58. The van der Waals surface area contributed by atoms with Crippen molar-refractivity contribution in [2.75, 3.05) is 10.7 Å². The number of carbonyl (C=O) groups excluding carboxylic acids is 1. The summed E-state index contributed by atoms with van der Waals surface area (Å²) < 4.78 is 24.2. The van der Waals surface area contributed by atoms with Crippen molar-refractivity contribution in [3.63, 3.8) is 0 Å². The van der Waals surface area contributed by atoms with Gasteiger partial charge in [0, 0.05) is 6.04 Å². The lowest BCUT2D eigenvalue weighted by molar-refractivity contribution is -0.149. The molecule has 7 heteroatoms. The van der Waals surface area contributed by atoms with Crippen LogP contribution in [0.5, 0.6) is 0 Å². The molecule has 6 nitrogen and oxygen atoms in total. The molecule has 0 saturated heterocycles. The van der Waals surface area contributed by atoms with Crippen molar-refractivity contribution in [1.82, 2.24) is 0 Å². The Kier molecular flexibility index (Phi) is 3.09. The molecule has 0 bridgehead atoms. The molecule has 1 unspecified atom stereocenters. The van der Waals surface area contributed by atoms with E-state index in [9.17, 15) is 18.0 Å². The molecule has 0 aliphatic carbocycles. The third kappa shape index (κ3) is 2.21. The van der Waals surface area contributed by atoms with E-state index in [1.807, 2.05) is 0 Å². The van der Waals surface area contributed by atoms with Crippen LogP contribution in [0.15, 0.2) is 23.1 Å². The lowest BCUT2D eigenvalue weighted by atomic mass is 10.1. The first kappa shape index (κ1) is 13.5. The highest BCUT2D eigenvalue weighted by molar-refractivity contribution is 7.91. The minimum atomic E-state index is -3.49. The summed E-state index contributed by atoms with van der Waals surface area (Å²) in [4.78, 5) is 23.6. The number of hydrogen-bond acceptors (Lipinski definition) is 4. The predicted octanol–water partition coefficient (Wildman–Crippen LogP) is 0.588. The molecule has 1 aromatic carbocycles. The summed E-state index contributed by atoms with van der Waals surface area (Å²) in [5, 5.41) is 8.82. The van der Waals surface area contributed by atoms with E-state index in [-0.39, 0.29) is 16.3 Å². The zero-order valence-electron chi connectivity index (χ0n) is 10.5. The van der Waals surface area contributed by atoms with Crippen molar-refractivity contribution in [3.8, 4) is 0 Å². The zero-order valence-corrected chi connectivity index (χ0v) is 11.3. The molecule has 1 aliphatic rings. The molecule has 0 radical (unpaired) electrons. The van der Waals surface area contributed by atoms with Gasteiger partial charge in [0.2, 0.25) is 0 Å². The number of carboxylic acid groups (broad SMARTS) is 1. The van der Waals surface area contributed by atoms with Gasteiger partial charge >= 0.3 is 11.9 Å². The molecule has 1 N–H and O–H groups in total. The number of carboxylic acids is 1. The molecule has 1 aromatic rings. The van der Waals surface area contributed by atoms with Crippen LogP contribution in [0.4, 0.5) is 5.69 Å². The van der Waals surface area contributed by atoms with E-state index in [0.717, 1.165) is 10.5 Å². The molecule has 1 heterocycles. The summed E-state index contributed by atoms with van der Waals surface area (Å²) in [6, 6.07) is 3.87. The molecule has 0 saturated carbocycles. The fourth-order valence-electron chi connectivity index (χ4n) is 2.20. The van der Waals surface area contributed by atoms with Crippen molar-refractivity contribution in [2.45, 2.75) is 24.8 Å². The van der Waals surface area contributed by atoms with E-state index >= 15 is 0 Å². The van der Waals surface area contributed by atoms with Crippen LogP contribution in [0.3, 0.4) is 0 Å². The summed E-state index contributed by atoms with van der Waals surface area (Å²) in [5.74, 6) is -2.99. The quantitative estimate of drug-likeness (QED) is 0.703. The van der Waals surface area contributed by atoms with Crippen LogP contribution >= 0.6 is 0 Å². The maximum absolute atomic E-state index is 12.1. The lowest BCUT2D eigenvalue weighted by Crippen LogP contribution is -2.49. The predicted molar refractivity (Wildman–Crippen MR) is 67.8 cm³/mol. The summed E-state index contributed by atoms with van der Waals surface area (Å²) in [6.45, 7) is 3.25. The SMILES string of the molecule is Cc1ccc2c(c1)S(=O)(=O)CC(C)N2C(=O)C(=O)O. The van der Waals surface area contributed by atoms with Gasteiger partial charge in [-0.2, -0.15) is 0 Å². The van der Waals surface area contributed by atoms with Crippen LogP contribution in [-0.4, -0.2) is 37.2 Å². The Labute approximate surface area is 110 Å². The first-order valence-corrected chi connectivity index (χ1v) is 7.29. The number of sulfone groups is 1. The summed E-state index contributed by atoms with van der Waals surface area (Å²) in [6.07, 6.45) is 0. The molecular weight excluding hydrogens is 270 g/mol. The fraction of sp³-hybridized carbons (Fsp3) is 0.333. The number of nitrogens with zero attached hydrogens (tertiary/aromatic N) is 1. The summed E-state index contributed by atoms with van der Waals surface area (Å²) in [5.41, 5.74) is 0.872. The molecule has 0 fully saturated rings. The molecule has 0 spiro atoms. The Balaban J connectivity index is 2.68. The van der Waals surface area contributed by atoms with E-state index in [1.54, 1.807) is 13.0 Å². The third-order valence-corrected chi connectivity index (χ3v) is 4.93. The van der Waals surface area contributed by atoms with Crippen molar-refractivity contribution in [3.05, 3.63) is 23.8 Å². The number of benzene rings is 1. The van der Waals surface area contributed by atoms with Crippen molar-refractivity contribution < 1.29 is 23.1 Å². The maximum atomic E-state index is 12.1. The number of fused-ring (bicyclic) bond motifs is 1. The Morgan fingerprint density at radius 1 is 1.37 bits per heavy atom. The summed E-state index contributed by atoms with van der Waals surface area (Å²) >= 11 is 0. The molecule has 0 aromatic heterocycles. The monoisotopic (exact) mass is 283 g/mol.